The van der Waals surface area contributed by atoms with Crippen molar-refractivity contribution >= 4 is 29.1 Å². The van der Waals surface area contributed by atoms with Gasteiger partial charge in [0, 0.05) is 23.5 Å². The van der Waals surface area contributed by atoms with Gasteiger partial charge in [0.2, 0.25) is 0 Å². The molecule has 1 aliphatic heterocycles. The first kappa shape index (κ1) is 19.3. The van der Waals surface area contributed by atoms with Crippen molar-refractivity contribution in [3.8, 4) is 5.69 Å². The van der Waals surface area contributed by atoms with Gasteiger partial charge in [-0.05, 0) is 56.7 Å². The van der Waals surface area contributed by atoms with Gasteiger partial charge < -0.3 is 4.57 Å². The van der Waals surface area contributed by atoms with E-state index in [0.29, 0.717) is 22.7 Å². The number of carbonyl (C=O) groups excluding carboxylic acids is 1. The predicted molar refractivity (Wildman–Crippen MR) is 117 cm³/mol. The van der Waals surface area contributed by atoms with Gasteiger partial charge in [0.1, 0.15) is 0 Å². The minimum atomic E-state index is -0.407. The van der Waals surface area contributed by atoms with Crippen LogP contribution in [0, 0.1) is 24.0 Å². The van der Waals surface area contributed by atoms with Gasteiger partial charge in [-0.3, -0.25) is 14.9 Å². The highest BCUT2D eigenvalue weighted by molar-refractivity contribution is 6.32. The van der Waals surface area contributed by atoms with Crippen LogP contribution in [0.2, 0.25) is 0 Å². The van der Waals surface area contributed by atoms with Crippen molar-refractivity contribution < 1.29 is 9.72 Å². The molecular weight excluding hydrogens is 380 g/mol. The Labute approximate surface area is 173 Å². The summed E-state index contributed by atoms with van der Waals surface area (Å²) in [6.07, 6.45) is 1.83. The molecule has 1 aromatic heterocycles. The number of rotatable bonds is 4. The maximum absolute atomic E-state index is 13.0. The second kappa shape index (κ2) is 7.44. The summed E-state index contributed by atoms with van der Waals surface area (Å²) in [6.45, 7) is 5.67. The van der Waals surface area contributed by atoms with Crippen LogP contribution < -0.4 is 5.01 Å². The van der Waals surface area contributed by atoms with Crippen LogP contribution >= 0.6 is 0 Å². The average molecular weight is 400 g/mol. The highest BCUT2D eigenvalue weighted by Crippen LogP contribution is 2.28. The van der Waals surface area contributed by atoms with Gasteiger partial charge in [0.15, 0.2) is 0 Å². The highest BCUT2D eigenvalue weighted by atomic mass is 16.6. The number of aromatic nitrogens is 1. The summed E-state index contributed by atoms with van der Waals surface area (Å²) in [6, 6.07) is 17.8. The number of nitro groups is 1. The lowest BCUT2D eigenvalue weighted by Gasteiger charge is -2.11. The van der Waals surface area contributed by atoms with Crippen molar-refractivity contribution in [2.45, 2.75) is 20.8 Å². The van der Waals surface area contributed by atoms with Gasteiger partial charge >= 0.3 is 0 Å². The van der Waals surface area contributed by atoms with E-state index in [4.69, 9.17) is 0 Å². The first-order valence-corrected chi connectivity index (χ1v) is 9.47. The van der Waals surface area contributed by atoms with Crippen LogP contribution in [0.25, 0.3) is 11.8 Å². The molecule has 0 bridgehead atoms. The summed E-state index contributed by atoms with van der Waals surface area (Å²) < 4.78 is 1.94. The second-order valence-corrected chi connectivity index (χ2v) is 7.13. The van der Waals surface area contributed by atoms with Gasteiger partial charge in [0.25, 0.3) is 11.6 Å². The number of nitrogens with zero attached hydrogens (tertiary/aromatic N) is 4. The van der Waals surface area contributed by atoms with Crippen molar-refractivity contribution in [2.75, 3.05) is 5.01 Å². The minimum absolute atomic E-state index is 0.0346. The molecule has 0 atom stereocenters. The Morgan fingerprint density at radius 2 is 1.67 bits per heavy atom. The number of aryl methyl sites for hydroxylation is 1. The van der Waals surface area contributed by atoms with Crippen LogP contribution in [0.15, 0.2) is 71.3 Å². The molecule has 3 aromatic rings. The zero-order valence-electron chi connectivity index (χ0n) is 16.9. The molecule has 2 heterocycles. The Kier molecular flexibility index (Phi) is 4.79. The molecule has 0 unspecified atom stereocenters. The number of hydrogen-bond acceptors (Lipinski definition) is 4. The Hall–Kier alpha value is -4.00. The number of amides is 1. The number of para-hydroxylation sites is 1. The molecule has 1 amide bonds. The van der Waals surface area contributed by atoms with E-state index in [0.717, 1.165) is 17.0 Å². The number of anilines is 1. The molecule has 0 spiro atoms. The van der Waals surface area contributed by atoms with Crippen molar-refractivity contribution in [1.82, 2.24) is 4.57 Å². The van der Waals surface area contributed by atoms with Gasteiger partial charge in [-0.1, -0.05) is 24.3 Å². The Morgan fingerprint density at radius 3 is 2.37 bits per heavy atom. The molecular formula is C23H20N4O3. The van der Waals surface area contributed by atoms with Gasteiger partial charge in [-0.25, -0.2) is 0 Å². The molecule has 1 aliphatic rings. The zero-order chi connectivity index (χ0) is 21.4. The Bertz CT molecular complexity index is 1220. The normalized spacial score (nSPS) is 15.0. The summed E-state index contributed by atoms with van der Waals surface area (Å²) in [4.78, 5) is 23.7. The van der Waals surface area contributed by atoms with Crippen LogP contribution in [-0.4, -0.2) is 21.1 Å². The van der Waals surface area contributed by atoms with E-state index >= 15 is 0 Å². The number of non-ortho nitro benzene ring substituents is 1. The smallest absolute Gasteiger partial charge is 0.280 e. The average Bonchev–Trinajstić information content (AvgIpc) is 3.18. The van der Waals surface area contributed by atoms with Crippen LogP contribution in [0.3, 0.4) is 0 Å². The van der Waals surface area contributed by atoms with E-state index < -0.39 is 4.92 Å². The lowest BCUT2D eigenvalue weighted by Crippen LogP contribution is -2.21. The molecule has 0 fully saturated rings. The molecule has 0 saturated carbocycles. The van der Waals surface area contributed by atoms with E-state index in [2.05, 4.69) is 5.10 Å². The minimum Gasteiger partial charge on any atom is -0.318 e. The van der Waals surface area contributed by atoms with Crippen LogP contribution in [-0.2, 0) is 4.79 Å². The summed E-state index contributed by atoms with van der Waals surface area (Å²) in [5, 5.41) is 17.0. The molecule has 0 aliphatic carbocycles. The number of hydrazone groups is 1. The summed E-state index contributed by atoms with van der Waals surface area (Å²) in [5.41, 5.74) is 5.30. The van der Waals surface area contributed by atoms with Crippen LogP contribution in [0.4, 0.5) is 11.4 Å². The third kappa shape index (κ3) is 3.30. The van der Waals surface area contributed by atoms with Crippen LogP contribution in [0.5, 0.6) is 0 Å². The monoisotopic (exact) mass is 400 g/mol. The van der Waals surface area contributed by atoms with Crippen molar-refractivity contribution in [2.24, 2.45) is 5.10 Å². The number of carbonyl (C=O) groups is 1. The first-order valence-electron chi connectivity index (χ1n) is 9.47. The molecule has 0 saturated heterocycles. The molecule has 2 aromatic carbocycles. The van der Waals surface area contributed by atoms with E-state index in [1.807, 2.05) is 73.9 Å². The fraction of sp³-hybridized carbons (Fsp3) is 0.130. The maximum atomic E-state index is 13.0. The number of hydrogen-bond donors (Lipinski definition) is 0. The number of benzene rings is 2. The zero-order valence-corrected chi connectivity index (χ0v) is 16.9. The van der Waals surface area contributed by atoms with E-state index in [9.17, 15) is 14.9 Å². The molecule has 7 nitrogen and oxygen atoms in total. The Balaban J connectivity index is 1.73. The fourth-order valence-corrected chi connectivity index (χ4v) is 3.66. The third-order valence-electron chi connectivity index (χ3n) is 5.13. The quantitative estimate of drug-likeness (QED) is 0.358. The molecule has 30 heavy (non-hydrogen) atoms. The molecule has 150 valence electrons. The standard InChI is InChI=1S/C23H20N4O3/c1-15-12-18(17(3)25(15)20-10-7-11-21(14-20)27(29)30)13-22-16(2)24-26(23(22)28)19-8-5-4-6-9-19/h4-14H,1-3H3. The molecule has 4 rings (SSSR count). The SMILES string of the molecule is CC1=NN(c2ccccc2)C(=O)C1=Cc1cc(C)n(-c2cccc([N+](=O)[O-])c2)c1C. The van der Waals surface area contributed by atoms with E-state index in [1.165, 1.54) is 11.1 Å². The summed E-state index contributed by atoms with van der Waals surface area (Å²) in [7, 11) is 0. The van der Waals surface area contributed by atoms with E-state index in [1.54, 1.807) is 12.1 Å². The topological polar surface area (TPSA) is 80.7 Å². The summed E-state index contributed by atoms with van der Waals surface area (Å²) >= 11 is 0. The lowest BCUT2D eigenvalue weighted by atomic mass is 10.1. The lowest BCUT2D eigenvalue weighted by molar-refractivity contribution is -0.384. The largest absolute Gasteiger partial charge is 0.318 e. The predicted octanol–water partition coefficient (Wildman–Crippen LogP) is 4.81. The third-order valence-corrected chi connectivity index (χ3v) is 5.13. The van der Waals surface area contributed by atoms with Gasteiger partial charge in [-0.15, -0.1) is 0 Å². The van der Waals surface area contributed by atoms with Gasteiger partial charge in [0.05, 0.1) is 27.6 Å². The van der Waals surface area contributed by atoms with Crippen molar-refractivity contribution in [1.29, 1.82) is 0 Å². The molecule has 7 heteroatoms. The van der Waals surface area contributed by atoms with Crippen LogP contribution in [0.1, 0.15) is 23.9 Å². The second-order valence-electron chi connectivity index (χ2n) is 7.13. The van der Waals surface area contributed by atoms with Crippen molar-refractivity contribution in [3.63, 3.8) is 0 Å². The molecule has 0 radical (unpaired) electrons. The highest BCUT2D eigenvalue weighted by Gasteiger charge is 2.29. The maximum Gasteiger partial charge on any atom is 0.280 e. The summed E-state index contributed by atoms with van der Waals surface area (Å²) in [5.74, 6) is -0.182. The Morgan fingerprint density at radius 1 is 0.967 bits per heavy atom. The number of nitro benzene ring substituents is 1. The first-order chi connectivity index (χ1) is 14.4. The van der Waals surface area contributed by atoms with E-state index in [-0.39, 0.29) is 11.6 Å². The van der Waals surface area contributed by atoms with Gasteiger partial charge in [-0.2, -0.15) is 10.1 Å². The molecule has 0 N–H and O–H groups in total. The van der Waals surface area contributed by atoms with Crippen molar-refractivity contribution in [3.05, 3.63) is 93.3 Å². The fourth-order valence-electron chi connectivity index (χ4n) is 3.66.